The summed E-state index contributed by atoms with van der Waals surface area (Å²) in [6.07, 6.45) is 6.33. The fourth-order valence-electron chi connectivity index (χ4n) is 1.90. The molecule has 0 saturated carbocycles. The molecule has 0 aliphatic carbocycles. The summed E-state index contributed by atoms with van der Waals surface area (Å²) < 4.78 is 0. The molecule has 15 heavy (non-hydrogen) atoms. The van der Waals surface area contributed by atoms with Crippen LogP contribution in [0.25, 0.3) is 10.8 Å². The molecule has 1 N–H and O–H groups in total. The van der Waals surface area contributed by atoms with Gasteiger partial charge in [0.25, 0.3) is 0 Å². The van der Waals surface area contributed by atoms with E-state index < -0.39 is 0 Å². The van der Waals surface area contributed by atoms with Crippen LogP contribution in [0.5, 0.6) is 5.75 Å². The molecule has 0 heterocycles. The predicted molar refractivity (Wildman–Crippen MR) is 62.9 cm³/mol. The Kier molecular flexibility index (Phi) is 2.35. The van der Waals surface area contributed by atoms with Crippen molar-refractivity contribution in [3.8, 4) is 18.1 Å². The second kappa shape index (κ2) is 3.67. The van der Waals surface area contributed by atoms with E-state index in [9.17, 15) is 5.11 Å². The quantitative estimate of drug-likeness (QED) is 0.695. The number of aryl methyl sites for hydroxylation is 1. The number of hydrogen-bond acceptors (Lipinski definition) is 1. The number of phenols is 1. The summed E-state index contributed by atoms with van der Waals surface area (Å²) in [7, 11) is 0. The summed E-state index contributed by atoms with van der Waals surface area (Å²) in [5.74, 6) is 2.98. The highest BCUT2D eigenvalue weighted by atomic mass is 16.3. The maximum atomic E-state index is 9.55. The van der Waals surface area contributed by atoms with Crippen LogP contribution in [0, 0.1) is 12.3 Å². The van der Waals surface area contributed by atoms with E-state index in [1.54, 1.807) is 12.1 Å². The van der Waals surface area contributed by atoms with Crippen LogP contribution in [0.2, 0.25) is 0 Å². The fourth-order valence-corrected chi connectivity index (χ4v) is 1.90. The van der Waals surface area contributed by atoms with Crippen molar-refractivity contribution in [3.63, 3.8) is 0 Å². The van der Waals surface area contributed by atoms with Crippen LogP contribution < -0.4 is 0 Å². The molecule has 0 aromatic heterocycles. The van der Waals surface area contributed by atoms with E-state index in [-0.39, 0.29) is 0 Å². The SMILES string of the molecule is C#Cc1cccc2cc(O)cc(CC)c12. The van der Waals surface area contributed by atoms with Gasteiger partial charge in [-0.15, -0.1) is 6.42 Å². The molecule has 0 saturated heterocycles. The van der Waals surface area contributed by atoms with Crippen LogP contribution >= 0.6 is 0 Å². The van der Waals surface area contributed by atoms with Crippen LogP contribution in [0.3, 0.4) is 0 Å². The highest BCUT2D eigenvalue weighted by molar-refractivity contribution is 5.92. The Morgan fingerprint density at radius 1 is 1.33 bits per heavy atom. The van der Waals surface area contributed by atoms with E-state index in [4.69, 9.17) is 6.42 Å². The third-order valence-corrected chi connectivity index (χ3v) is 2.58. The highest BCUT2D eigenvalue weighted by Crippen LogP contribution is 2.27. The molecule has 2 aromatic carbocycles. The monoisotopic (exact) mass is 196 g/mol. The van der Waals surface area contributed by atoms with Crippen molar-refractivity contribution in [2.24, 2.45) is 0 Å². The van der Waals surface area contributed by atoms with E-state index in [0.29, 0.717) is 5.75 Å². The van der Waals surface area contributed by atoms with Crippen LogP contribution in [-0.2, 0) is 6.42 Å². The summed E-state index contributed by atoms with van der Waals surface area (Å²) in [6.45, 7) is 2.06. The Hall–Kier alpha value is -1.94. The summed E-state index contributed by atoms with van der Waals surface area (Å²) in [5, 5.41) is 11.6. The number of phenolic OH excluding ortho intramolecular Hbond substituents is 1. The molecule has 1 heteroatoms. The molecule has 0 aliphatic rings. The van der Waals surface area contributed by atoms with Gasteiger partial charge in [-0.05, 0) is 35.6 Å². The van der Waals surface area contributed by atoms with Gasteiger partial charge in [0.2, 0.25) is 0 Å². The van der Waals surface area contributed by atoms with Gasteiger partial charge in [0, 0.05) is 10.9 Å². The van der Waals surface area contributed by atoms with Gasteiger partial charge >= 0.3 is 0 Å². The molecule has 0 atom stereocenters. The van der Waals surface area contributed by atoms with Gasteiger partial charge in [-0.25, -0.2) is 0 Å². The van der Waals surface area contributed by atoms with Crippen molar-refractivity contribution in [2.45, 2.75) is 13.3 Å². The van der Waals surface area contributed by atoms with Crippen LogP contribution in [0.4, 0.5) is 0 Å². The smallest absolute Gasteiger partial charge is 0.116 e. The lowest BCUT2D eigenvalue weighted by Crippen LogP contribution is -1.87. The van der Waals surface area contributed by atoms with Gasteiger partial charge in [0.15, 0.2) is 0 Å². The Balaban J connectivity index is 2.92. The maximum absolute atomic E-state index is 9.55. The van der Waals surface area contributed by atoms with Gasteiger partial charge in [0.05, 0.1) is 0 Å². The lowest BCUT2D eigenvalue weighted by molar-refractivity contribution is 0.475. The molecule has 2 aromatic rings. The topological polar surface area (TPSA) is 20.2 Å². The normalized spacial score (nSPS) is 10.1. The fraction of sp³-hybridized carbons (Fsp3) is 0.143. The van der Waals surface area contributed by atoms with E-state index >= 15 is 0 Å². The number of rotatable bonds is 1. The largest absolute Gasteiger partial charge is 0.508 e. The lowest BCUT2D eigenvalue weighted by Gasteiger charge is -2.07. The lowest BCUT2D eigenvalue weighted by atomic mass is 9.98. The van der Waals surface area contributed by atoms with E-state index in [0.717, 1.165) is 28.3 Å². The zero-order valence-corrected chi connectivity index (χ0v) is 8.62. The molecule has 74 valence electrons. The third-order valence-electron chi connectivity index (χ3n) is 2.58. The van der Waals surface area contributed by atoms with Crippen LogP contribution in [-0.4, -0.2) is 5.11 Å². The van der Waals surface area contributed by atoms with Crippen LogP contribution in [0.15, 0.2) is 30.3 Å². The predicted octanol–water partition coefficient (Wildman–Crippen LogP) is 3.09. The summed E-state index contributed by atoms with van der Waals surface area (Å²) in [5.41, 5.74) is 1.99. The number of hydrogen-bond donors (Lipinski definition) is 1. The second-order valence-electron chi connectivity index (χ2n) is 3.51. The van der Waals surface area contributed by atoms with Gasteiger partial charge in [0.1, 0.15) is 5.75 Å². The average molecular weight is 196 g/mol. The molecule has 0 amide bonds. The molecular weight excluding hydrogens is 184 g/mol. The van der Waals surface area contributed by atoms with E-state index in [1.807, 2.05) is 18.2 Å². The first-order chi connectivity index (χ1) is 7.26. The standard InChI is InChI=1S/C14H12O/c1-3-10-6-5-7-12-9-13(15)8-11(4-2)14(10)12/h1,5-9,15H,4H2,2H3. The molecule has 0 unspecified atom stereocenters. The minimum atomic E-state index is 0.300. The van der Waals surface area contributed by atoms with E-state index in [2.05, 4.69) is 12.8 Å². The first-order valence-corrected chi connectivity index (χ1v) is 4.97. The molecule has 1 nitrogen and oxygen atoms in total. The van der Waals surface area contributed by atoms with Crippen molar-refractivity contribution in [3.05, 3.63) is 41.5 Å². The second-order valence-corrected chi connectivity index (χ2v) is 3.51. The summed E-state index contributed by atoms with van der Waals surface area (Å²) in [6, 6.07) is 9.34. The molecule has 0 spiro atoms. The number of benzene rings is 2. The van der Waals surface area contributed by atoms with Gasteiger partial charge in [-0.3, -0.25) is 0 Å². The van der Waals surface area contributed by atoms with Gasteiger partial charge in [-0.2, -0.15) is 0 Å². The third kappa shape index (κ3) is 1.55. The zero-order valence-electron chi connectivity index (χ0n) is 8.62. The molecule has 0 aliphatic heterocycles. The zero-order chi connectivity index (χ0) is 10.8. The molecule has 0 radical (unpaired) electrons. The first kappa shape index (κ1) is 9.61. The van der Waals surface area contributed by atoms with E-state index in [1.165, 1.54) is 0 Å². The Labute approximate surface area is 89.4 Å². The number of fused-ring (bicyclic) bond motifs is 1. The highest BCUT2D eigenvalue weighted by Gasteiger charge is 2.05. The molecular formula is C14H12O. The Morgan fingerprint density at radius 3 is 2.80 bits per heavy atom. The minimum Gasteiger partial charge on any atom is -0.508 e. The van der Waals surface area contributed by atoms with Gasteiger partial charge in [-0.1, -0.05) is 25.0 Å². The van der Waals surface area contributed by atoms with Crippen molar-refractivity contribution in [1.29, 1.82) is 0 Å². The van der Waals surface area contributed by atoms with Crippen LogP contribution in [0.1, 0.15) is 18.1 Å². The Bertz CT molecular complexity index is 547. The number of aromatic hydroxyl groups is 1. The summed E-state index contributed by atoms with van der Waals surface area (Å²) in [4.78, 5) is 0. The maximum Gasteiger partial charge on any atom is 0.116 e. The van der Waals surface area contributed by atoms with Crippen molar-refractivity contribution >= 4 is 10.8 Å². The van der Waals surface area contributed by atoms with Crippen molar-refractivity contribution in [2.75, 3.05) is 0 Å². The van der Waals surface area contributed by atoms with Crippen molar-refractivity contribution in [1.82, 2.24) is 0 Å². The van der Waals surface area contributed by atoms with Gasteiger partial charge < -0.3 is 5.11 Å². The molecule has 0 bridgehead atoms. The average Bonchev–Trinajstić information content (AvgIpc) is 2.26. The minimum absolute atomic E-state index is 0.300. The molecule has 0 fully saturated rings. The van der Waals surface area contributed by atoms with Crippen molar-refractivity contribution < 1.29 is 5.11 Å². The first-order valence-electron chi connectivity index (χ1n) is 4.97. The molecule has 2 rings (SSSR count). The summed E-state index contributed by atoms with van der Waals surface area (Å²) >= 11 is 0. The Morgan fingerprint density at radius 2 is 2.13 bits per heavy atom. The number of terminal acetylenes is 1.